The van der Waals surface area contributed by atoms with Crippen molar-refractivity contribution in [2.24, 2.45) is 0 Å². The average molecular weight is 574 g/mol. The fraction of sp³-hybridized carbons (Fsp3) is 0.333. The van der Waals surface area contributed by atoms with Gasteiger partial charge in [0.2, 0.25) is 0 Å². The summed E-state index contributed by atoms with van der Waals surface area (Å²) in [5.41, 5.74) is 2.22. The number of carbonyl (C=O) groups is 2. The van der Waals surface area contributed by atoms with E-state index < -0.39 is 0 Å². The van der Waals surface area contributed by atoms with Crippen LogP contribution in [-0.2, 0) is 16.0 Å². The molecule has 0 radical (unpaired) electrons. The first-order chi connectivity index (χ1) is 18.4. The molecule has 3 aromatic rings. The number of halogens is 2. The molecule has 0 saturated heterocycles. The molecular formula is C30H34Cl2N2O3S. The summed E-state index contributed by atoms with van der Waals surface area (Å²) in [6.45, 7) is 4.97. The van der Waals surface area contributed by atoms with E-state index in [-0.39, 0.29) is 18.4 Å². The number of ether oxygens (including phenoxy) is 1. The molecule has 2 amide bonds. The molecule has 0 aliphatic carbocycles. The Morgan fingerprint density at radius 3 is 2.18 bits per heavy atom. The number of carbonyl (C=O) groups excluding carboxylic acids is 2. The van der Waals surface area contributed by atoms with E-state index in [0.29, 0.717) is 28.9 Å². The number of benzene rings is 3. The van der Waals surface area contributed by atoms with Crippen molar-refractivity contribution < 1.29 is 14.3 Å². The maximum atomic E-state index is 13.3. The van der Waals surface area contributed by atoms with Crippen molar-refractivity contribution in [1.29, 1.82) is 0 Å². The predicted octanol–water partition coefficient (Wildman–Crippen LogP) is 9.26. The minimum absolute atomic E-state index is 0.222. The fourth-order valence-corrected chi connectivity index (χ4v) is 5.05. The van der Waals surface area contributed by atoms with Crippen molar-refractivity contribution in [2.45, 2.75) is 62.2 Å². The lowest BCUT2D eigenvalue weighted by Gasteiger charge is -2.24. The molecule has 3 aromatic carbocycles. The van der Waals surface area contributed by atoms with Gasteiger partial charge < -0.3 is 10.1 Å². The number of anilines is 2. The third kappa shape index (κ3) is 9.26. The normalized spacial score (nSPS) is 10.7. The van der Waals surface area contributed by atoms with E-state index in [1.54, 1.807) is 41.8 Å². The smallest absolute Gasteiger partial charge is 0.326 e. The van der Waals surface area contributed by atoms with Gasteiger partial charge >= 0.3 is 12.0 Å². The molecule has 0 fully saturated rings. The molecule has 202 valence electrons. The molecule has 0 saturated carbocycles. The quantitative estimate of drug-likeness (QED) is 0.164. The van der Waals surface area contributed by atoms with Crippen LogP contribution in [0, 0.1) is 0 Å². The highest BCUT2D eigenvalue weighted by atomic mass is 35.5. The molecule has 5 nitrogen and oxygen atoms in total. The van der Waals surface area contributed by atoms with Gasteiger partial charge in [0.25, 0.3) is 0 Å². The summed E-state index contributed by atoms with van der Waals surface area (Å²) in [6.07, 6.45) is 5.76. The lowest BCUT2D eigenvalue weighted by atomic mass is 10.1. The molecule has 0 aliphatic heterocycles. The Bertz CT molecular complexity index is 1190. The second kappa shape index (κ2) is 15.7. The number of nitrogens with one attached hydrogen (secondary N) is 1. The molecule has 0 aliphatic rings. The standard InChI is InChI=1S/C30H34Cl2N2O3S/c1-3-5-6-7-8-20-34(30(36)33-27-11-9-10-26(31)29(27)32)23-14-18-25(19-15-23)38-24-16-12-22(13-17-24)21-28(35)37-4-2/h9-19H,3-8,20-21H2,1-2H3,(H,33,36). The van der Waals surface area contributed by atoms with Gasteiger partial charge in [-0.1, -0.05) is 85.8 Å². The summed E-state index contributed by atoms with van der Waals surface area (Å²) in [6, 6.07) is 20.8. The van der Waals surface area contributed by atoms with Crippen LogP contribution in [0.4, 0.5) is 16.2 Å². The van der Waals surface area contributed by atoms with Gasteiger partial charge in [0.05, 0.1) is 28.8 Å². The molecule has 0 atom stereocenters. The van der Waals surface area contributed by atoms with Crippen LogP contribution >= 0.6 is 35.0 Å². The van der Waals surface area contributed by atoms with Crippen molar-refractivity contribution in [3.05, 3.63) is 82.3 Å². The SMILES string of the molecule is CCCCCCCN(C(=O)Nc1cccc(Cl)c1Cl)c1ccc(Sc2ccc(CC(=O)OCC)cc2)cc1. The van der Waals surface area contributed by atoms with Crippen molar-refractivity contribution >= 4 is 58.3 Å². The second-order valence-electron chi connectivity index (χ2n) is 8.82. The highest BCUT2D eigenvalue weighted by Gasteiger charge is 2.18. The number of urea groups is 1. The number of esters is 1. The van der Waals surface area contributed by atoms with Crippen molar-refractivity contribution in [3.8, 4) is 0 Å². The zero-order valence-corrected chi connectivity index (χ0v) is 24.2. The third-order valence-electron chi connectivity index (χ3n) is 5.88. The van der Waals surface area contributed by atoms with Crippen molar-refractivity contribution in [3.63, 3.8) is 0 Å². The van der Waals surface area contributed by atoms with Crippen LogP contribution in [0.1, 0.15) is 51.5 Å². The van der Waals surface area contributed by atoms with E-state index in [1.165, 1.54) is 12.8 Å². The summed E-state index contributed by atoms with van der Waals surface area (Å²) >= 11 is 14.1. The van der Waals surface area contributed by atoms with Crippen LogP contribution in [-0.4, -0.2) is 25.2 Å². The Morgan fingerprint density at radius 2 is 1.53 bits per heavy atom. The Balaban J connectivity index is 1.68. The molecule has 8 heteroatoms. The number of unbranched alkanes of at least 4 members (excludes halogenated alkanes) is 4. The minimum Gasteiger partial charge on any atom is -0.466 e. The fourth-order valence-electron chi connectivity index (χ4n) is 3.89. The van der Waals surface area contributed by atoms with Gasteiger partial charge in [-0.3, -0.25) is 9.69 Å². The number of hydrogen-bond donors (Lipinski definition) is 1. The Morgan fingerprint density at radius 1 is 0.868 bits per heavy atom. The van der Waals surface area contributed by atoms with Gasteiger partial charge in [-0.25, -0.2) is 4.79 Å². The summed E-state index contributed by atoms with van der Waals surface area (Å²) in [7, 11) is 0. The van der Waals surface area contributed by atoms with Crippen LogP contribution in [0.25, 0.3) is 0 Å². The van der Waals surface area contributed by atoms with E-state index in [4.69, 9.17) is 27.9 Å². The van der Waals surface area contributed by atoms with Gasteiger partial charge in [0.15, 0.2) is 0 Å². The molecule has 3 rings (SSSR count). The van der Waals surface area contributed by atoms with E-state index in [0.717, 1.165) is 40.3 Å². The van der Waals surface area contributed by atoms with Gasteiger partial charge in [-0.05, 0) is 67.4 Å². The van der Waals surface area contributed by atoms with Crippen LogP contribution < -0.4 is 10.2 Å². The second-order valence-corrected chi connectivity index (χ2v) is 10.8. The third-order valence-corrected chi connectivity index (χ3v) is 7.72. The first-order valence-corrected chi connectivity index (χ1v) is 14.5. The Hall–Kier alpha value is -2.67. The molecule has 38 heavy (non-hydrogen) atoms. The summed E-state index contributed by atoms with van der Waals surface area (Å²) in [5.74, 6) is -0.222. The average Bonchev–Trinajstić information content (AvgIpc) is 2.91. The molecule has 1 N–H and O–H groups in total. The lowest BCUT2D eigenvalue weighted by Crippen LogP contribution is -2.36. The zero-order valence-electron chi connectivity index (χ0n) is 21.8. The summed E-state index contributed by atoms with van der Waals surface area (Å²) in [5, 5.41) is 3.63. The first kappa shape index (κ1) is 29.9. The maximum absolute atomic E-state index is 13.3. The van der Waals surface area contributed by atoms with E-state index >= 15 is 0 Å². The predicted molar refractivity (Wildman–Crippen MR) is 159 cm³/mol. The maximum Gasteiger partial charge on any atom is 0.326 e. The monoisotopic (exact) mass is 572 g/mol. The highest BCUT2D eigenvalue weighted by molar-refractivity contribution is 7.99. The molecule has 0 aromatic heterocycles. The largest absolute Gasteiger partial charge is 0.466 e. The number of nitrogens with zero attached hydrogens (tertiary/aromatic N) is 1. The number of hydrogen-bond acceptors (Lipinski definition) is 4. The van der Waals surface area contributed by atoms with Gasteiger partial charge in [0, 0.05) is 22.0 Å². The van der Waals surface area contributed by atoms with Crippen LogP contribution in [0.5, 0.6) is 0 Å². The number of rotatable bonds is 13. The van der Waals surface area contributed by atoms with Gasteiger partial charge in [-0.2, -0.15) is 0 Å². The first-order valence-electron chi connectivity index (χ1n) is 13.0. The van der Waals surface area contributed by atoms with Crippen LogP contribution in [0.3, 0.4) is 0 Å². The Labute approximate surface area is 239 Å². The van der Waals surface area contributed by atoms with E-state index in [1.807, 2.05) is 48.5 Å². The minimum atomic E-state index is -0.248. The van der Waals surface area contributed by atoms with Crippen molar-refractivity contribution in [1.82, 2.24) is 0 Å². The molecule has 0 bridgehead atoms. The number of amides is 2. The summed E-state index contributed by atoms with van der Waals surface area (Å²) < 4.78 is 5.02. The molecular weight excluding hydrogens is 539 g/mol. The molecule has 0 spiro atoms. The molecule has 0 heterocycles. The van der Waals surface area contributed by atoms with Crippen LogP contribution in [0.2, 0.25) is 10.0 Å². The Kier molecular flexibility index (Phi) is 12.3. The van der Waals surface area contributed by atoms with Gasteiger partial charge in [-0.15, -0.1) is 0 Å². The van der Waals surface area contributed by atoms with E-state index in [9.17, 15) is 9.59 Å². The highest BCUT2D eigenvalue weighted by Crippen LogP contribution is 2.32. The summed E-state index contributed by atoms with van der Waals surface area (Å²) in [4.78, 5) is 28.9. The topological polar surface area (TPSA) is 58.6 Å². The van der Waals surface area contributed by atoms with Gasteiger partial charge in [0.1, 0.15) is 0 Å². The molecule has 0 unspecified atom stereocenters. The van der Waals surface area contributed by atoms with Crippen molar-refractivity contribution in [2.75, 3.05) is 23.4 Å². The zero-order chi connectivity index (χ0) is 27.3. The lowest BCUT2D eigenvalue weighted by molar-refractivity contribution is -0.142. The van der Waals surface area contributed by atoms with E-state index in [2.05, 4.69) is 12.2 Å². The van der Waals surface area contributed by atoms with Crippen LogP contribution in [0.15, 0.2) is 76.5 Å².